The van der Waals surface area contributed by atoms with Crippen LogP contribution in [0, 0.1) is 0 Å². The second-order valence-electron chi connectivity index (χ2n) is 4.95. The number of carbonyl (C=O) groups excluding carboxylic acids is 5. The lowest BCUT2D eigenvalue weighted by Crippen LogP contribution is -2.13. The summed E-state index contributed by atoms with van der Waals surface area (Å²) in [6.45, 7) is 14.1. The van der Waals surface area contributed by atoms with Crippen molar-refractivity contribution >= 4 is 29.8 Å². The average molecular weight is 382 g/mol. The molecule has 0 aromatic carbocycles. The largest absolute Gasteiger partial charge is 0.460 e. The van der Waals surface area contributed by atoms with Crippen molar-refractivity contribution in [2.24, 2.45) is 0 Å². The summed E-state index contributed by atoms with van der Waals surface area (Å²) in [5, 5.41) is 8.19. The molecule has 9 heteroatoms. The van der Waals surface area contributed by atoms with Gasteiger partial charge in [0.05, 0.1) is 6.61 Å². The number of esters is 5. The van der Waals surface area contributed by atoms with Crippen LogP contribution in [0.1, 0.15) is 20.8 Å². The van der Waals surface area contributed by atoms with E-state index in [1.807, 2.05) is 0 Å². The molecule has 0 heterocycles. The van der Waals surface area contributed by atoms with E-state index in [2.05, 4.69) is 33.9 Å². The molecule has 9 nitrogen and oxygen atoms in total. The Bertz CT molecular complexity index is 626. The number of hydrogen-bond acceptors (Lipinski definition) is 9. The maximum absolute atomic E-state index is 11.0. The van der Waals surface area contributed by atoms with E-state index in [0.29, 0.717) is 17.7 Å². The van der Waals surface area contributed by atoms with Crippen molar-refractivity contribution < 1.29 is 43.3 Å². The maximum atomic E-state index is 11.0. The molecule has 0 unspecified atom stereocenters. The summed E-state index contributed by atoms with van der Waals surface area (Å²) in [7, 11) is 0. The van der Waals surface area contributed by atoms with Crippen molar-refractivity contribution in [3.8, 4) is 0 Å². The van der Waals surface area contributed by atoms with Gasteiger partial charge in [-0.05, 0) is 20.8 Å². The van der Waals surface area contributed by atoms with E-state index in [4.69, 9.17) is 5.11 Å². The second-order valence-corrected chi connectivity index (χ2v) is 4.95. The Balaban J connectivity index is 0. The summed E-state index contributed by atoms with van der Waals surface area (Å²) in [6, 6.07) is 0. The molecule has 27 heavy (non-hydrogen) atoms. The van der Waals surface area contributed by atoms with Gasteiger partial charge in [0.25, 0.3) is 0 Å². The fraction of sp³-hybridized carbons (Fsp3) is 0.278. The predicted octanol–water partition coefficient (Wildman–Crippen LogP) is 0.932. The topological polar surface area (TPSA) is 133 Å². The Morgan fingerprint density at radius 3 is 1.33 bits per heavy atom. The molecular weight excluding hydrogens is 360 g/mol. The van der Waals surface area contributed by atoms with Crippen LogP contribution in [0.25, 0.3) is 0 Å². The monoisotopic (exact) mass is 382 g/mol. The van der Waals surface area contributed by atoms with Crippen molar-refractivity contribution in [2.45, 2.75) is 20.8 Å². The molecule has 0 aliphatic heterocycles. The van der Waals surface area contributed by atoms with E-state index in [-0.39, 0.29) is 24.4 Å². The van der Waals surface area contributed by atoms with Gasteiger partial charge in [-0.1, -0.05) is 19.7 Å². The van der Waals surface area contributed by atoms with Gasteiger partial charge in [-0.3, -0.25) is 0 Å². The summed E-state index contributed by atoms with van der Waals surface area (Å²) >= 11 is 0. The highest BCUT2D eigenvalue weighted by atomic mass is 16.6. The maximum Gasteiger partial charge on any atom is 0.340 e. The highest BCUT2D eigenvalue weighted by Crippen LogP contribution is 1.96. The average Bonchev–Trinajstić information content (AvgIpc) is 2.57. The standard InChI is InChI=1S/C12H12O6.C6H10O3/c1-7(2)11(15)17-9(13)5-6-10(14)18-12(16)8(3)4;1-5(2)6(8)9-4-3-7/h5-6H,1,3H2,2,4H3;7H,1,3-4H2,2H3/b6-5-;. The second kappa shape index (κ2) is 13.9. The molecular formula is C18H22O9. The molecule has 0 aromatic rings. The zero-order valence-electron chi connectivity index (χ0n) is 15.4. The molecule has 148 valence electrons. The Labute approximate surface area is 156 Å². The predicted molar refractivity (Wildman–Crippen MR) is 93.8 cm³/mol. The van der Waals surface area contributed by atoms with Gasteiger partial charge in [-0.25, -0.2) is 24.0 Å². The van der Waals surface area contributed by atoms with Crippen LogP contribution in [-0.4, -0.2) is 48.2 Å². The first-order chi connectivity index (χ1) is 12.4. The fourth-order valence-corrected chi connectivity index (χ4v) is 0.823. The molecule has 0 fully saturated rings. The third-order valence-electron chi connectivity index (χ3n) is 2.11. The first-order valence-electron chi connectivity index (χ1n) is 7.37. The van der Waals surface area contributed by atoms with Crippen molar-refractivity contribution in [3.05, 3.63) is 48.6 Å². The zero-order valence-corrected chi connectivity index (χ0v) is 15.4. The Morgan fingerprint density at radius 1 is 0.741 bits per heavy atom. The normalized spacial score (nSPS) is 9.33. The van der Waals surface area contributed by atoms with Crippen LogP contribution in [0.3, 0.4) is 0 Å². The van der Waals surface area contributed by atoms with E-state index < -0.39 is 29.8 Å². The van der Waals surface area contributed by atoms with Gasteiger partial charge in [-0.15, -0.1) is 0 Å². The molecule has 0 amide bonds. The minimum Gasteiger partial charge on any atom is -0.460 e. The van der Waals surface area contributed by atoms with Gasteiger partial charge in [0, 0.05) is 28.9 Å². The van der Waals surface area contributed by atoms with E-state index >= 15 is 0 Å². The smallest absolute Gasteiger partial charge is 0.340 e. The first-order valence-corrected chi connectivity index (χ1v) is 7.37. The lowest BCUT2D eigenvalue weighted by molar-refractivity contribution is -0.156. The lowest BCUT2D eigenvalue weighted by atomic mass is 10.3. The van der Waals surface area contributed by atoms with Gasteiger partial charge >= 0.3 is 29.8 Å². The van der Waals surface area contributed by atoms with Gasteiger partial charge in [0.15, 0.2) is 0 Å². The zero-order chi connectivity index (χ0) is 21.6. The SMILES string of the molecule is C=C(C)C(=O)OC(=O)/C=C\C(=O)OC(=O)C(=C)C.C=C(C)C(=O)OCCO. The van der Waals surface area contributed by atoms with E-state index in [1.165, 1.54) is 13.8 Å². The molecule has 0 bridgehead atoms. The van der Waals surface area contributed by atoms with Crippen LogP contribution in [-0.2, 0) is 38.2 Å². The van der Waals surface area contributed by atoms with E-state index in [9.17, 15) is 24.0 Å². The molecule has 1 N–H and O–H groups in total. The molecule has 0 saturated carbocycles. The van der Waals surface area contributed by atoms with Crippen LogP contribution >= 0.6 is 0 Å². The van der Waals surface area contributed by atoms with Crippen LogP contribution < -0.4 is 0 Å². The summed E-state index contributed by atoms with van der Waals surface area (Å²) in [5.41, 5.74) is 0.428. The molecule has 0 aliphatic carbocycles. The van der Waals surface area contributed by atoms with Crippen molar-refractivity contribution in [1.29, 1.82) is 0 Å². The summed E-state index contributed by atoms with van der Waals surface area (Å²) in [5.74, 6) is -4.40. The quantitative estimate of drug-likeness (QED) is 0.295. The summed E-state index contributed by atoms with van der Waals surface area (Å²) in [4.78, 5) is 54.3. The van der Waals surface area contributed by atoms with Crippen LogP contribution in [0.15, 0.2) is 48.6 Å². The van der Waals surface area contributed by atoms with Gasteiger partial charge < -0.3 is 19.3 Å². The number of hydrogen-bond donors (Lipinski definition) is 1. The summed E-state index contributed by atoms with van der Waals surface area (Å²) < 4.78 is 12.9. The number of ether oxygens (including phenoxy) is 3. The fourth-order valence-electron chi connectivity index (χ4n) is 0.823. The van der Waals surface area contributed by atoms with Gasteiger partial charge in [0.1, 0.15) is 6.61 Å². The molecule has 0 aliphatic rings. The molecule has 0 spiro atoms. The van der Waals surface area contributed by atoms with Gasteiger partial charge in [-0.2, -0.15) is 0 Å². The first kappa shape index (κ1) is 25.9. The Hall–Kier alpha value is -3.33. The third-order valence-corrected chi connectivity index (χ3v) is 2.11. The third kappa shape index (κ3) is 14.7. The van der Waals surface area contributed by atoms with E-state index in [0.717, 1.165) is 0 Å². The van der Waals surface area contributed by atoms with Crippen molar-refractivity contribution in [1.82, 2.24) is 0 Å². The lowest BCUT2D eigenvalue weighted by Gasteiger charge is -1.99. The van der Waals surface area contributed by atoms with E-state index in [1.54, 1.807) is 6.92 Å². The molecule has 0 aromatic heterocycles. The highest BCUT2D eigenvalue weighted by Gasteiger charge is 2.11. The molecule has 0 atom stereocenters. The summed E-state index contributed by atoms with van der Waals surface area (Å²) in [6.07, 6.45) is 1.32. The van der Waals surface area contributed by atoms with Gasteiger partial charge in [0.2, 0.25) is 0 Å². The Kier molecular flexibility index (Phi) is 13.3. The molecule has 0 radical (unpaired) electrons. The van der Waals surface area contributed by atoms with Crippen LogP contribution in [0.4, 0.5) is 0 Å². The van der Waals surface area contributed by atoms with Crippen LogP contribution in [0.5, 0.6) is 0 Å². The van der Waals surface area contributed by atoms with Crippen molar-refractivity contribution in [3.63, 3.8) is 0 Å². The number of carbonyl (C=O) groups is 5. The number of aliphatic hydroxyl groups excluding tert-OH is 1. The minimum atomic E-state index is -1.07. The van der Waals surface area contributed by atoms with Crippen molar-refractivity contribution in [2.75, 3.05) is 13.2 Å². The highest BCUT2D eigenvalue weighted by molar-refractivity contribution is 6.03. The minimum absolute atomic E-state index is 0.0387. The molecule has 0 saturated heterocycles. The number of rotatable bonds is 7. The van der Waals surface area contributed by atoms with Crippen LogP contribution in [0.2, 0.25) is 0 Å². The Morgan fingerprint density at radius 2 is 1.07 bits per heavy atom. The molecule has 0 rings (SSSR count). The number of aliphatic hydroxyl groups is 1.